The Labute approximate surface area is 105 Å². The molecule has 0 aliphatic heterocycles. The Morgan fingerprint density at radius 2 is 2.12 bits per heavy atom. The molecule has 5 heteroatoms. The first-order valence-corrected chi connectivity index (χ1v) is 5.87. The summed E-state index contributed by atoms with van der Waals surface area (Å²) in [6.45, 7) is 2.15. The molecular weight excluding hydrogens is 236 g/mol. The van der Waals surface area contributed by atoms with E-state index in [-0.39, 0.29) is 5.28 Å². The van der Waals surface area contributed by atoms with Gasteiger partial charge in [-0.25, -0.2) is 0 Å². The lowest BCUT2D eigenvalue weighted by molar-refractivity contribution is 0.922. The van der Waals surface area contributed by atoms with Gasteiger partial charge in [-0.15, -0.1) is 5.10 Å². The molecule has 4 nitrogen and oxygen atoms in total. The fourth-order valence-corrected chi connectivity index (χ4v) is 1.74. The van der Waals surface area contributed by atoms with Crippen molar-refractivity contribution in [3.8, 4) is 0 Å². The van der Waals surface area contributed by atoms with E-state index in [0.717, 1.165) is 18.5 Å². The maximum Gasteiger partial charge on any atom is 0.244 e. The summed E-state index contributed by atoms with van der Waals surface area (Å²) >= 11 is 5.69. The number of para-hydroxylation sites is 1. The van der Waals surface area contributed by atoms with Gasteiger partial charge in [0, 0.05) is 5.69 Å². The summed E-state index contributed by atoms with van der Waals surface area (Å²) < 4.78 is 0. The van der Waals surface area contributed by atoms with E-state index < -0.39 is 0 Å². The van der Waals surface area contributed by atoms with Gasteiger partial charge in [0.2, 0.25) is 5.28 Å². The lowest BCUT2D eigenvalue weighted by Gasteiger charge is -2.10. The molecule has 0 radical (unpaired) electrons. The molecule has 0 saturated carbocycles. The molecule has 0 unspecified atom stereocenters. The Bertz CT molecular complexity index is 501. The van der Waals surface area contributed by atoms with Crippen molar-refractivity contribution < 1.29 is 0 Å². The molecule has 2 aromatic rings. The van der Waals surface area contributed by atoms with Crippen LogP contribution in [0.1, 0.15) is 18.9 Å². The van der Waals surface area contributed by atoms with Gasteiger partial charge in [0.1, 0.15) is 0 Å². The van der Waals surface area contributed by atoms with Crippen LogP contribution < -0.4 is 5.32 Å². The minimum Gasteiger partial charge on any atom is -0.339 e. The van der Waals surface area contributed by atoms with Crippen LogP contribution in [-0.4, -0.2) is 15.2 Å². The first kappa shape index (κ1) is 11.8. The molecule has 1 N–H and O–H groups in total. The van der Waals surface area contributed by atoms with Crippen molar-refractivity contribution in [2.24, 2.45) is 0 Å². The number of nitrogens with one attached hydrogen (secondary N) is 1. The number of aryl methyl sites for hydroxylation is 1. The number of hydrogen-bond acceptors (Lipinski definition) is 4. The van der Waals surface area contributed by atoms with Gasteiger partial charge in [0.05, 0.1) is 6.20 Å². The average Bonchev–Trinajstić information content (AvgIpc) is 2.32. The average molecular weight is 249 g/mol. The first-order valence-electron chi connectivity index (χ1n) is 5.49. The second-order valence-electron chi connectivity index (χ2n) is 3.64. The summed E-state index contributed by atoms with van der Waals surface area (Å²) in [5, 5.41) is 10.7. The minimum absolute atomic E-state index is 0.142. The number of anilines is 2. The molecule has 0 atom stereocenters. The number of nitrogens with zero attached hydrogens (tertiary/aromatic N) is 3. The van der Waals surface area contributed by atoms with Crippen molar-refractivity contribution in [1.29, 1.82) is 0 Å². The van der Waals surface area contributed by atoms with E-state index >= 15 is 0 Å². The molecule has 0 spiro atoms. The van der Waals surface area contributed by atoms with Gasteiger partial charge in [-0.05, 0) is 29.7 Å². The molecule has 1 aromatic heterocycles. The fraction of sp³-hybridized carbons (Fsp3) is 0.250. The van der Waals surface area contributed by atoms with Crippen LogP contribution in [0.15, 0.2) is 30.5 Å². The summed E-state index contributed by atoms with van der Waals surface area (Å²) in [4.78, 5) is 4.05. The third kappa shape index (κ3) is 3.14. The van der Waals surface area contributed by atoms with Crippen LogP contribution in [0.3, 0.4) is 0 Å². The SMILES string of the molecule is CCCc1ccccc1Nc1cnnc(Cl)n1. The summed E-state index contributed by atoms with van der Waals surface area (Å²) in [5.74, 6) is 0.605. The molecule has 0 bridgehead atoms. The maximum absolute atomic E-state index is 5.69. The third-order valence-electron chi connectivity index (χ3n) is 2.33. The molecule has 88 valence electrons. The lowest BCUT2D eigenvalue weighted by atomic mass is 10.1. The molecule has 0 aliphatic rings. The number of rotatable bonds is 4. The highest BCUT2D eigenvalue weighted by Crippen LogP contribution is 2.20. The van der Waals surface area contributed by atoms with E-state index in [2.05, 4.69) is 33.5 Å². The van der Waals surface area contributed by atoms with Crippen molar-refractivity contribution >= 4 is 23.1 Å². The van der Waals surface area contributed by atoms with Crippen molar-refractivity contribution in [3.05, 3.63) is 41.3 Å². The Morgan fingerprint density at radius 3 is 2.88 bits per heavy atom. The van der Waals surface area contributed by atoms with Crippen LogP contribution in [0, 0.1) is 0 Å². The third-order valence-corrected chi connectivity index (χ3v) is 2.49. The Kier molecular flexibility index (Phi) is 3.88. The predicted octanol–water partition coefficient (Wildman–Crippen LogP) is 3.22. The quantitative estimate of drug-likeness (QED) is 0.903. The van der Waals surface area contributed by atoms with Crippen LogP contribution in [-0.2, 0) is 6.42 Å². The standard InChI is InChI=1S/C12H13ClN4/c1-2-5-9-6-3-4-7-10(9)15-11-8-14-17-12(13)16-11/h3-4,6-8H,2,5H2,1H3,(H,15,16,17). The molecule has 2 rings (SSSR count). The minimum atomic E-state index is 0.142. The van der Waals surface area contributed by atoms with Crippen molar-refractivity contribution in [3.63, 3.8) is 0 Å². The van der Waals surface area contributed by atoms with Crippen LogP contribution in [0.4, 0.5) is 11.5 Å². The zero-order valence-corrected chi connectivity index (χ0v) is 10.3. The van der Waals surface area contributed by atoms with Crippen LogP contribution in [0.2, 0.25) is 5.28 Å². The van der Waals surface area contributed by atoms with Gasteiger partial charge in [-0.3, -0.25) is 0 Å². The molecular formula is C12H13ClN4. The van der Waals surface area contributed by atoms with E-state index in [0.29, 0.717) is 5.82 Å². The van der Waals surface area contributed by atoms with Crippen LogP contribution in [0.25, 0.3) is 0 Å². The summed E-state index contributed by atoms with van der Waals surface area (Å²) in [6.07, 6.45) is 3.67. The summed E-state index contributed by atoms with van der Waals surface area (Å²) in [5.41, 5.74) is 2.29. The zero-order chi connectivity index (χ0) is 12.1. The highest BCUT2D eigenvalue weighted by molar-refractivity contribution is 6.28. The molecule has 0 aliphatic carbocycles. The number of benzene rings is 1. The maximum atomic E-state index is 5.69. The van der Waals surface area contributed by atoms with Gasteiger partial charge in [0.15, 0.2) is 5.82 Å². The molecule has 0 fully saturated rings. The number of aromatic nitrogens is 3. The normalized spacial score (nSPS) is 10.2. The first-order chi connectivity index (χ1) is 8.29. The highest BCUT2D eigenvalue weighted by Gasteiger charge is 2.03. The lowest BCUT2D eigenvalue weighted by Crippen LogP contribution is -1.99. The van der Waals surface area contributed by atoms with Gasteiger partial charge >= 0.3 is 0 Å². The van der Waals surface area contributed by atoms with Gasteiger partial charge in [-0.2, -0.15) is 10.1 Å². The van der Waals surface area contributed by atoms with E-state index in [1.54, 1.807) is 6.20 Å². The van der Waals surface area contributed by atoms with E-state index in [1.165, 1.54) is 5.56 Å². The second kappa shape index (κ2) is 5.59. The number of hydrogen-bond donors (Lipinski definition) is 1. The predicted molar refractivity (Wildman–Crippen MR) is 68.6 cm³/mol. The van der Waals surface area contributed by atoms with Gasteiger partial charge in [-0.1, -0.05) is 31.5 Å². The Hall–Kier alpha value is -1.68. The monoisotopic (exact) mass is 248 g/mol. The summed E-state index contributed by atoms with van der Waals surface area (Å²) in [6, 6.07) is 8.13. The van der Waals surface area contributed by atoms with Gasteiger partial charge in [0.25, 0.3) is 0 Å². The molecule has 0 amide bonds. The van der Waals surface area contributed by atoms with E-state index in [4.69, 9.17) is 11.6 Å². The van der Waals surface area contributed by atoms with Gasteiger partial charge < -0.3 is 5.32 Å². The van der Waals surface area contributed by atoms with Crippen molar-refractivity contribution in [1.82, 2.24) is 15.2 Å². The number of halogens is 1. The fourth-order valence-electron chi connectivity index (χ4n) is 1.61. The molecule has 1 heterocycles. The van der Waals surface area contributed by atoms with Crippen molar-refractivity contribution in [2.75, 3.05) is 5.32 Å². The molecule has 0 saturated heterocycles. The van der Waals surface area contributed by atoms with E-state index in [9.17, 15) is 0 Å². The smallest absolute Gasteiger partial charge is 0.244 e. The van der Waals surface area contributed by atoms with Crippen molar-refractivity contribution in [2.45, 2.75) is 19.8 Å². The summed E-state index contributed by atoms with van der Waals surface area (Å²) in [7, 11) is 0. The Morgan fingerprint density at radius 1 is 1.29 bits per heavy atom. The van der Waals surface area contributed by atoms with Crippen LogP contribution in [0.5, 0.6) is 0 Å². The zero-order valence-electron chi connectivity index (χ0n) is 9.52. The molecule has 1 aromatic carbocycles. The largest absolute Gasteiger partial charge is 0.339 e. The molecule has 17 heavy (non-hydrogen) atoms. The highest BCUT2D eigenvalue weighted by atomic mass is 35.5. The second-order valence-corrected chi connectivity index (χ2v) is 3.98. The van der Waals surface area contributed by atoms with Crippen LogP contribution >= 0.6 is 11.6 Å². The van der Waals surface area contributed by atoms with E-state index in [1.807, 2.05) is 18.2 Å². The topological polar surface area (TPSA) is 50.7 Å². The Balaban J connectivity index is 2.23.